The maximum atomic E-state index is 11.7. The summed E-state index contributed by atoms with van der Waals surface area (Å²) in [5, 5.41) is 7.42. The second kappa shape index (κ2) is 9.22. The number of rotatable bonds is 8. The Morgan fingerprint density at radius 3 is 2.55 bits per heavy atom. The topological polar surface area (TPSA) is 41.1 Å². The maximum Gasteiger partial charge on any atom is 0.234 e. The Balaban J connectivity index is 2.26. The molecule has 1 aromatic carbocycles. The Kier molecular flexibility index (Phi) is 7.97. The van der Waals surface area contributed by atoms with E-state index in [2.05, 4.69) is 24.5 Å². The summed E-state index contributed by atoms with van der Waals surface area (Å²) >= 11 is 11.9. The minimum absolute atomic E-state index is 0.0425. The molecule has 0 saturated heterocycles. The van der Waals surface area contributed by atoms with Crippen LogP contribution in [0.4, 0.5) is 0 Å². The predicted octanol–water partition coefficient (Wildman–Crippen LogP) is 3.43. The SMILES string of the molecule is CCC(CC)NC(=O)CNCCc1ccc(Cl)cc1Cl. The lowest BCUT2D eigenvalue weighted by Gasteiger charge is -2.15. The van der Waals surface area contributed by atoms with E-state index in [9.17, 15) is 4.79 Å². The Hall–Kier alpha value is -0.770. The summed E-state index contributed by atoms with van der Waals surface area (Å²) in [6.07, 6.45) is 2.69. The first-order chi connectivity index (χ1) is 9.56. The molecule has 0 fully saturated rings. The summed E-state index contributed by atoms with van der Waals surface area (Å²) in [7, 11) is 0. The minimum atomic E-state index is 0.0425. The average Bonchev–Trinajstić information content (AvgIpc) is 2.42. The molecule has 0 radical (unpaired) electrons. The van der Waals surface area contributed by atoms with Crippen LogP contribution in [0.2, 0.25) is 10.0 Å². The standard InChI is InChI=1S/C15H22Cl2N2O/c1-3-13(4-2)19-15(20)10-18-8-7-11-5-6-12(16)9-14(11)17/h5-6,9,13,18H,3-4,7-8,10H2,1-2H3,(H,19,20). The van der Waals surface area contributed by atoms with Gasteiger partial charge in [0.1, 0.15) is 0 Å². The average molecular weight is 317 g/mol. The quantitative estimate of drug-likeness (QED) is 0.721. The lowest BCUT2D eigenvalue weighted by Crippen LogP contribution is -2.40. The molecule has 0 saturated carbocycles. The molecule has 20 heavy (non-hydrogen) atoms. The zero-order valence-corrected chi connectivity index (χ0v) is 13.5. The van der Waals surface area contributed by atoms with Crippen LogP contribution in [-0.4, -0.2) is 25.0 Å². The van der Waals surface area contributed by atoms with Crippen LogP contribution in [0, 0.1) is 0 Å². The third-order valence-electron chi connectivity index (χ3n) is 3.22. The van der Waals surface area contributed by atoms with Crippen LogP contribution in [0.25, 0.3) is 0 Å². The van der Waals surface area contributed by atoms with Gasteiger partial charge in [-0.05, 0) is 43.5 Å². The normalized spacial score (nSPS) is 10.8. The van der Waals surface area contributed by atoms with Gasteiger partial charge in [0.15, 0.2) is 0 Å². The summed E-state index contributed by atoms with van der Waals surface area (Å²) in [5.74, 6) is 0.0425. The first kappa shape index (κ1) is 17.3. The van der Waals surface area contributed by atoms with Gasteiger partial charge in [-0.2, -0.15) is 0 Å². The highest BCUT2D eigenvalue weighted by Crippen LogP contribution is 2.20. The molecule has 0 aliphatic rings. The van der Waals surface area contributed by atoms with Crippen LogP contribution in [0.1, 0.15) is 32.3 Å². The van der Waals surface area contributed by atoms with Crippen molar-refractivity contribution in [2.75, 3.05) is 13.1 Å². The summed E-state index contributed by atoms with van der Waals surface area (Å²) in [5.41, 5.74) is 1.03. The highest BCUT2D eigenvalue weighted by atomic mass is 35.5. The molecule has 5 heteroatoms. The zero-order chi connectivity index (χ0) is 15.0. The number of amides is 1. The fourth-order valence-corrected chi connectivity index (χ4v) is 2.42. The van der Waals surface area contributed by atoms with Crippen molar-refractivity contribution >= 4 is 29.1 Å². The molecule has 0 unspecified atom stereocenters. The Morgan fingerprint density at radius 1 is 1.25 bits per heavy atom. The summed E-state index contributed by atoms with van der Waals surface area (Å²) < 4.78 is 0. The highest BCUT2D eigenvalue weighted by Gasteiger charge is 2.07. The van der Waals surface area contributed by atoms with Crippen LogP contribution in [0.5, 0.6) is 0 Å². The predicted molar refractivity (Wildman–Crippen MR) is 85.5 cm³/mol. The van der Waals surface area contributed by atoms with Gasteiger partial charge in [-0.25, -0.2) is 0 Å². The van der Waals surface area contributed by atoms with E-state index in [0.717, 1.165) is 24.8 Å². The van der Waals surface area contributed by atoms with Crippen molar-refractivity contribution in [3.63, 3.8) is 0 Å². The number of halogens is 2. The summed E-state index contributed by atoms with van der Waals surface area (Å²) in [6.45, 7) is 5.19. The lowest BCUT2D eigenvalue weighted by molar-refractivity contribution is -0.121. The Labute approximate surface area is 131 Å². The van der Waals surface area contributed by atoms with Gasteiger partial charge >= 0.3 is 0 Å². The lowest BCUT2D eigenvalue weighted by atomic mass is 10.1. The van der Waals surface area contributed by atoms with Crippen LogP contribution in [-0.2, 0) is 11.2 Å². The number of carbonyl (C=O) groups is 1. The maximum absolute atomic E-state index is 11.7. The molecule has 0 bridgehead atoms. The Morgan fingerprint density at radius 2 is 1.95 bits per heavy atom. The fraction of sp³-hybridized carbons (Fsp3) is 0.533. The summed E-state index contributed by atoms with van der Waals surface area (Å²) in [6, 6.07) is 5.74. The van der Waals surface area contributed by atoms with Gasteiger partial charge in [0.25, 0.3) is 0 Å². The largest absolute Gasteiger partial charge is 0.352 e. The van der Waals surface area contributed by atoms with Crippen LogP contribution in [0.3, 0.4) is 0 Å². The van der Waals surface area contributed by atoms with E-state index < -0.39 is 0 Å². The van der Waals surface area contributed by atoms with E-state index >= 15 is 0 Å². The van der Waals surface area contributed by atoms with Crippen molar-refractivity contribution in [1.29, 1.82) is 0 Å². The van der Waals surface area contributed by atoms with E-state index in [1.807, 2.05) is 12.1 Å². The van der Waals surface area contributed by atoms with Gasteiger partial charge < -0.3 is 10.6 Å². The molecular weight excluding hydrogens is 295 g/mol. The first-order valence-corrected chi connectivity index (χ1v) is 7.76. The van der Waals surface area contributed by atoms with Gasteiger partial charge in [-0.3, -0.25) is 4.79 Å². The van der Waals surface area contributed by atoms with Gasteiger partial charge in [0.2, 0.25) is 5.91 Å². The van der Waals surface area contributed by atoms with Crippen LogP contribution >= 0.6 is 23.2 Å². The van der Waals surface area contributed by atoms with Crippen LogP contribution < -0.4 is 10.6 Å². The molecule has 3 nitrogen and oxygen atoms in total. The molecule has 112 valence electrons. The highest BCUT2D eigenvalue weighted by molar-refractivity contribution is 6.35. The Bertz CT molecular complexity index is 434. The van der Waals surface area contributed by atoms with E-state index in [1.165, 1.54) is 0 Å². The molecule has 0 atom stereocenters. The number of hydrogen-bond donors (Lipinski definition) is 2. The van der Waals surface area contributed by atoms with Crippen molar-refractivity contribution in [2.45, 2.75) is 39.2 Å². The number of hydrogen-bond acceptors (Lipinski definition) is 2. The van der Waals surface area contributed by atoms with Gasteiger partial charge in [-0.15, -0.1) is 0 Å². The molecule has 2 N–H and O–H groups in total. The van der Waals surface area contributed by atoms with Crippen molar-refractivity contribution < 1.29 is 4.79 Å². The fourth-order valence-electron chi connectivity index (χ4n) is 1.92. The zero-order valence-electron chi connectivity index (χ0n) is 12.0. The molecule has 0 spiro atoms. The minimum Gasteiger partial charge on any atom is -0.352 e. The molecule has 1 rings (SSSR count). The molecule has 0 aliphatic carbocycles. The smallest absolute Gasteiger partial charge is 0.234 e. The van der Waals surface area contributed by atoms with E-state index in [4.69, 9.17) is 23.2 Å². The molecule has 1 aromatic rings. The van der Waals surface area contributed by atoms with Crippen molar-refractivity contribution in [2.24, 2.45) is 0 Å². The summed E-state index contributed by atoms with van der Waals surface area (Å²) in [4.78, 5) is 11.7. The third-order valence-corrected chi connectivity index (χ3v) is 3.81. The number of carbonyl (C=O) groups excluding carboxylic acids is 1. The third kappa shape index (κ3) is 6.12. The van der Waals surface area contributed by atoms with Crippen molar-refractivity contribution in [3.05, 3.63) is 33.8 Å². The molecule has 1 amide bonds. The van der Waals surface area contributed by atoms with Gasteiger partial charge in [0, 0.05) is 16.1 Å². The second-order valence-electron chi connectivity index (χ2n) is 4.74. The van der Waals surface area contributed by atoms with Gasteiger partial charge in [-0.1, -0.05) is 43.1 Å². The molecular formula is C15H22Cl2N2O. The number of benzene rings is 1. The first-order valence-electron chi connectivity index (χ1n) is 7.00. The van der Waals surface area contributed by atoms with E-state index in [0.29, 0.717) is 23.1 Å². The second-order valence-corrected chi connectivity index (χ2v) is 5.59. The van der Waals surface area contributed by atoms with Gasteiger partial charge in [0.05, 0.1) is 6.54 Å². The van der Waals surface area contributed by atoms with E-state index in [-0.39, 0.29) is 11.9 Å². The molecule has 0 aliphatic heterocycles. The molecule has 0 aromatic heterocycles. The van der Waals surface area contributed by atoms with Crippen molar-refractivity contribution in [3.8, 4) is 0 Å². The monoisotopic (exact) mass is 316 g/mol. The number of nitrogens with one attached hydrogen (secondary N) is 2. The van der Waals surface area contributed by atoms with Crippen molar-refractivity contribution in [1.82, 2.24) is 10.6 Å². The van der Waals surface area contributed by atoms with Crippen LogP contribution in [0.15, 0.2) is 18.2 Å². The molecule has 0 heterocycles. The van der Waals surface area contributed by atoms with E-state index in [1.54, 1.807) is 6.07 Å².